The van der Waals surface area contributed by atoms with Crippen LogP contribution in [-0.2, 0) is 9.59 Å². The molecule has 0 spiro atoms. The van der Waals surface area contributed by atoms with E-state index >= 15 is 0 Å². The number of rotatable bonds is 5. The molecule has 0 saturated carbocycles. The first-order valence-corrected chi connectivity index (χ1v) is 7.05. The standard InChI is InChI=1S/C17H17N3O4/c1-23-14-8-6-13(7-9-14)19-16(21)17(22)20-18-11-12-4-3-5-15(10-12)24-2/h3-11H,1-2H3,(H,19,21)(H,20,22)/b18-11+. The van der Waals surface area contributed by atoms with E-state index in [0.29, 0.717) is 17.2 Å². The molecule has 0 saturated heterocycles. The molecular weight excluding hydrogens is 310 g/mol. The highest BCUT2D eigenvalue weighted by Gasteiger charge is 2.12. The molecule has 0 heterocycles. The van der Waals surface area contributed by atoms with Crippen molar-refractivity contribution in [3.05, 3.63) is 54.1 Å². The number of methoxy groups -OCH3 is 2. The molecule has 2 N–H and O–H groups in total. The maximum absolute atomic E-state index is 11.8. The maximum Gasteiger partial charge on any atom is 0.329 e. The predicted octanol–water partition coefficient (Wildman–Crippen LogP) is 1.79. The van der Waals surface area contributed by atoms with E-state index in [4.69, 9.17) is 9.47 Å². The van der Waals surface area contributed by atoms with Crippen molar-refractivity contribution >= 4 is 23.7 Å². The van der Waals surface area contributed by atoms with Gasteiger partial charge < -0.3 is 14.8 Å². The van der Waals surface area contributed by atoms with E-state index in [-0.39, 0.29) is 0 Å². The zero-order valence-electron chi connectivity index (χ0n) is 13.3. The number of anilines is 1. The number of benzene rings is 2. The Bertz CT molecular complexity index is 742. The van der Waals surface area contributed by atoms with Crippen molar-refractivity contribution in [3.8, 4) is 11.5 Å². The summed E-state index contributed by atoms with van der Waals surface area (Å²) >= 11 is 0. The summed E-state index contributed by atoms with van der Waals surface area (Å²) < 4.78 is 10.1. The molecule has 24 heavy (non-hydrogen) atoms. The molecule has 0 aliphatic rings. The van der Waals surface area contributed by atoms with Gasteiger partial charge in [0, 0.05) is 5.69 Å². The molecule has 124 valence electrons. The molecule has 7 nitrogen and oxygen atoms in total. The van der Waals surface area contributed by atoms with Crippen LogP contribution in [0.3, 0.4) is 0 Å². The molecular formula is C17H17N3O4. The highest BCUT2D eigenvalue weighted by atomic mass is 16.5. The molecule has 0 fully saturated rings. The summed E-state index contributed by atoms with van der Waals surface area (Å²) in [5, 5.41) is 6.21. The smallest absolute Gasteiger partial charge is 0.329 e. The molecule has 0 atom stereocenters. The van der Waals surface area contributed by atoms with Crippen LogP contribution in [0.15, 0.2) is 53.6 Å². The second-order valence-electron chi connectivity index (χ2n) is 4.66. The third-order valence-corrected chi connectivity index (χ3v) is 3.03. The molecule has 2 amide bonds. The van der Waals surface area contributed by atoms with Gasteiger partial charge in [0.25, 0.3) is 0 Å². The van der Waals surface area contributed by atoms with Crippen LogP contribution in [-0.4, -0.2) is 32.2 Å². The molecule has 2 aromatic carbocycles. The molecule has 0 bridgehead atoms. The Morgan fingerprint density at radius 3 is 2.33 bits per heavy atom. The van der Waals surface area contributed by atoms with Crippen molar-refractivity contribution in [1.82, 2.24) is 5.43 Å². The third-order valence-electron chi connectivity index (χ3n) is 3.03. The number of hydrogen-bond acceptors (Lipinski definition) is 5. The van der Waals surface area contributed by atoms with Gasteiger partial charge in [-0.25, -0.2) is 5.43 Å². The van der Waals surface area contributed by atoms with Crippen LogP contribution in [0.1, 0.15) is 5.56 Å². The van der Waals surface area contributed by atoms with E-state index in [1.165, 1.54) is 6.21 Å². The zero-order valence-corrected chi connectivity index (χ0v) is 13.3. The lowest BCUT2D eigenvalue weighted by atomic mass is 10.2. The second kappa shape index (κ2) is 8.33. The average molecular weight is 327 g/mol. The second-order valence-corrected chi connectivity index (χ2v) is 4.66. The Labute approximate surface area is 139 Å². The minimum atomic E-state index is -0.870. The number of ether oxygens (including phenoxy) is 2. The minimum absolute atomic E-state index is 0.479. The van der Waals surface area contributed by atoms with Crippen molar-refractivity contribution in [1.29, 1.82) is 0 Å². The average Bonchev–Trinajstić information content (AvgIpc) is 2.62. The van der Waals surface area contributed by atoms with Gasteiger partial charge in [-0.2, -0.15) is 5.10 Å². The number of hydrogen-bond donors (Lipinski definition) is 2. The van der Waals surface area contributed by atoms with Gasteiger partial charge in [-0.05, 0) is 42.0 Å². The number of amides is 2. The minimum Gasteiger partial charge on any atom is -0.497 e. The van der Waals surface area contributed by atoms with Gasteiger partial charge in [-0.3, -0.25) is 9.59 Å². The number of nitrogens with one attached hydrogen (secondary N) is 2. The lowest BCUT2D eigenvalue weighted by molar-refractivity contribution is -0.136. The molecule has 0 aliphatic heterocycles. The lowest BCUT2D eigenvalue weighted by Gasteiger charge is -2.05. The zero-order chi connectivity index (χ0) is 17.4. The van der Waals surface area contributed by atoms with E-state index in [0.717, 1.165) is 5.56 Å². The first-order valence-electron chi connectivity index (χ1n) is 7.05. The fourth-order valence-corrected chi connectivity index (χ4v) is 1.80. The Hall–Kier alpha value is -3.35. The highest BCUT2D eigenvalue weighted by Crippen LogP contribution is 2.14. The molecule has 0 radical (unpaired) electrons. The van der Waals surface area contributed by atoms with Crippen molar-refractivity contribution < 1.29 is 19.1 Å². The van der Waals surface area contributed by atoms with Gasteiger partial charge in [-0.1, -0.05) is 12.1 Å². The Kier molecular flexibility index (Phi) is 5.90. The molecule has 7 heteroatoms. The maximum atomic E-state index is 11.8. The van der Waals surface area contributed by atoms with Crippen LogP contribution in [0.25, 0.3) is 0 Å². The Morgan fingerprint density at radius 2 is 1.67 bits per heavy atom. The summed E-state index contributed by atoms with van der Waals surface area (Å²) in [5.74, 6) is -0.365. The Morgan fingerprint density at radius 1 is 0.958 bits per heavy atom. The van der Waals surface area contributed by atoms with E-state index in [1.54, 1.807) is 62.8 Å². The van der Waals surface area contributed by atoms with Crippen molar-refractivity contribution in [3.63, 3.8) is 0 Å². The van der Waals surface area contributed by atoms with Crippen LogP contribution < -0.4 is 20.2 Å². The topological polar surface area (TPSA) is 89.0 Å². The van der Waals surface area contributed by atoms with Gasteiger partial charge in [0.2, 0.25) is 0 Å². The SMILES string of the molecule is COc1ccc(NC(=O)C(=O)N/N=C/c2cccc(OC)c2)cc1. The fourth-order valence-electron chi connectivity index (χ4n) is 1.80. The summed E-state index contributed by atoms with van der Waals surface area (Å²) in [6.07, 6.45) is 1.42. The molecule has 0 unspecified atom stereocenters. The molecule has 2 rings (SSSR count). The van der Waals surface area contributed by atoms with Gasteiger partial charge in [0.1, 0.15) is 11.5 Å². The molecule has 2 aromatic rings. The fraction of sp³-hybridized carbons (Fsp3) is 0.118. The van der Waals surface area contributed by atoms with Crippen molar-refractivity contribution in [2.24, 2.45) is 5.10 Å². The van der Waals surface area contributed by atoms with E-state index in [1.807, 2.05) is 0 Å². The summed E-state index contributed by atoms with van der Waals surface area (Å²) in [6.45, 7) is 0. The monoisotopic (exact) mass is 327 g/mol. The first kappa shape index (κ1) is 17.0. The van der Waals surface area contributed by atoms with Crippen LogP contribution in [0.5, 0.6) is 11.5 Å². The van der Waals surface area contributed by atoms with Crippen molar-refractivity contribution in [2.75, 3.05) is 19.5 Å². The number of carbonyl (C=O) groups is 2. The van der Waals surface area contributed by atoms with Gasteiger partial charge in [-0.15, -0.1) is 0 Å². The van der Waals surface area contributed by atoms with Crippen molar-refractivity contribution in [2.45, 2.75) is 0 Å². The molecule has 0 aromatic heterocycles. The Balaban J connectivity index is 1.88. The van der Waals surface area contributed by atoms with E-state index in [2.05, 4.69) is 15.8 Å². The van der Waals surface area contributed by atoms with Crippen LogP contribution in [0, 0.1) is 0 Å². The van der Waals surface area contributed by atoms with Crippen LogP contribution in [0.2, 0.25) is 0 Å². The predicted molar refractivity (Wildman–Crippen MR) is 90.4 cm³/mol. The first-order chi connectivity index (χ1) is 11.6. The number of nitrogens with zero attached hydrogens (tertiary/aromatic N) is 1. The summed E-state index contributed by atoms with van der Waals surface area (Å²) in [5.41, 5.74) is 3.37. The number of hydrazone groups is 1. The lowest BCUT2D eigenvalue weighted by Crippen LogP contribution is -2.32. The van der Waals surface area contributed by atoms with E-state index in [9.17, 15) is 9.59 Å². The normalized spacial score (nSPS) is 10.2. The highest BCUT2D eigenvalue weighted by molar-refractivity contribution is 6.39. The quantitative estimate of drug-likeness (QED) is 0.498. The largest absolute Gasteiger partial charge is 0.497 e. The van der Waals surface area contributed by atoms with Gasteiger partial charge >= 0.3 is 11.8 Å². The number of carbonyl (C=O) groups excluding carboxylic acids is 2. The molecule has 0 aliphatic carbocycles. The summed E-state index contributed by atoms with van der Waals surface area (Å²) in [4.78, 5) is 23.5. The summed E-state index contributed by atoms with van der Waals surface area (Å²) in [6, 6.07) is 13.7. The van der Waals surface area contributed by atoms with Crippen LogP contribution >= 0.6 is 0 Å². The van der Waals surface area contributed by atoms with E-state index < -0.39 is 11.8 Å². The van der Waals surface area contributed by atoms with Crippen LogP contribution in [0.4, 0.5) is 5.69 Å². The van der Waals surface area contributed by atoms with Gasteiger partial charge in [0.15, 0.2) is 0 Å². The van der Waals surface area contributed by atoms with Gasteiger partial charge in [0.05, 0.1) is 20.4 Å². The summed E-state index contributed by atoms with van der Waals surface area (Å²) in [7, 11) is 3.10. The third kappa shape index (κ3) is 4.84.